The van der Waals surface area contributed by atoms with Gasteiger partial charge in [0.1, 0.15) is 11.3 Å². The summed E-state index contributed by atoms with van der Waals surface area (Å²) >= 11 is 6.21. The number of carbonyl (C=O) groups excluding carboxylic acids is 1. The van der Waals surface area contributed by atoms with E-state index in [1.54, 1.807) is 0 Å². The number of alkyl halides is 1. The van der Waals surface area contributed by atoms with E-state index in [4.69, 9.17) is 11.6 Å². The molecule has 2 rings (SSSR count). The Balaban J connectivity index is 2.30. The van der Waals surface area contributed by atoms with Gasteiger partial charge in [-0.3, -0.25) is 4.79 Å². The van der Waals surface area contributed by atoms with Gasteiger partial charge in [0, 0.05) is 24.7 Å². The lowest BCUT2D eigenvalue weighted by Gasteiger charge is -2.11. The Morgan fingerprint density at radius 1 is 1.33 bits per heavy atom. The van der Waals surface area contributed by atoms with Gasteiger partial charge in [0.2, 0.25) is 5.91 Å². The first-order valence-corrected chi connectivity index (χ1v) is 7.59. The fourth-order valence-electron chi connectivity index (χ4n) is 2.25. The van der Waals surface area contributed by atoms with Crippen molar-refractivity contribution >= 4 is 28.7 Å². The summed E-state index contributed by atoms with van der Waals surface area (Å²) in [5.74, 6) is 0.773. The van der Waals surface area contributed by atoms with Crippen molar-refractivity contribution in [2.24, 2.45) is 0 Å². The Morgan fingerprint density at radius 3 is 2.67 bits per heavy atom. The van der Waals surface area contributed by atoms with E-state index in [0.717, 1.165) is 22.7 Å². The Hall–Kier alpha value is -1.62. The number of aryl methyl sites for hydroxylation is 2. The average molecular weight is 309 g/mol. The highest BCUT2D eigenvalue weighted by atomic mass is 35.5. The first-order chi connectivity index (χ1) is 9.88. The molecule has 1 atom stereocenters. The maximum atomic E-state index is 11.8. The molecule has 1 amide bonds. The fraction of sp³-hybridized carbons (Fsp3) is 0.533. The van der Waals surface area contributed by atoms with Gasteiger partial charge >= 0.3 is 0 Å². The van der Waals surface area contributed by atoms with Crippen molar-refractivity contribution in [3.8, 4) is 0 Å². The second-order valence-corrected chi connectivity index (χ2v) is 6.16. The molecule has 0 aromatic carbocycles. The van der Waals surface area contributed by atoms with Crippen molar-refractivity contribution < 1.29 is 4.79 Å². The summed E-state index contributed by atoms with van der Waals surface area (Å²) < 4.78 is 1.94. The minimum absolute atomic E-state index is 0.0210. The number of hydrogen-bond donors (Lipinski definition) is 1. The molecule has 1 N–H and O–H groups in total. The summed E-state index contributed by atoms with van der Waals surface area (Å²) in [5, 5.41) is 2.66. The average Bonchev–Trinajstić information content (AvgIpc) is 2.73. The van der Waals surface area contributed by atoms with E-state index in [2.05, 4.69) is 15.3 Å². The van der Waals surface area contributed by atoms with Gasteiger partial charge in [0.25, 0.3) is 0 Å². The van der Waals surface area contributed by atoms with Gasteiger partial charge in [-0.25, -0.2) is 9.97 Å². The Labute approximate surface area is 129 Å². The summed E-state index contributed by atoms with van der Waals surface area (Å²) in [6.07, 6.45) is 0.385. The first kappa shape index (κ1) is 15.8. The zero-order chi connectivity index (χ0) is 15.6. The number of carbonyl (C=O) groups is 1. The Morgan fingerprint density at radius 2 is 2.05 bits per heavy atom. The van der Waals surface area contributed by atoms with E-state index in [9.17, 15) is 4.79 Å². The molecule has 6 heteroatoms. The molecule has 0 spiro atoms. The zero-order valence-corrected chi connectivity index (χ0v) is 13.6. The van der Waals surface area contributed by atoms with Gasteiger partial charge in [-0.05, 0) is 39.8 Å². The molecule has 2 heterocycles. The number of rotatable bonds is 5. The second kappa shape index (κ2) is 6.43. The van der Waals surface area contributed by atoms with Crippen molar-refractivity contribution in [2.75, 3.05) is 0 Å². The van der Waals surface area contributed by atoms with Crippen LogP contribution >= 0.6 is 11.6 Å². The molecule has 0 aliphatic carbocycles. The molecule has 0 radical (unpaired) electrons. The number of hydrogen-bond acceptors (Lipinski definition) is 3. The van der Waals surface area contributed by atoms with E-state index in [1.807, 2.05) is 44.4 Å². The van der Waals surface area contributed by atoms with E-state index in [0.29, 0.717) is 13.0 Å². The predicted octanol–water partition coefficient (Wildman–Crippen LogP) is 2.95. The van der Waals surface area contributed by atoms with Gasteiger partial charge < -0.3 is 9.88 Å². The number of pyridine rings is 1. The van der Waals surface area contributed by atoms with E-state index >= 15 is 0 Å². The quantitative estimate of drug-likeness (QED) is 0.864. The number of nitrogens with one attached hydrogen (secondary N) is 1. The summed E-state index contributed by atoms with van der Waals surface area (Å²) in [4.78, 5) is 20.9. The molecule has 0 aliphatic rings. The summed E-state index contributed by atoms with van der Waals surface area (Å²) in [5.41, 5.74) is 2.52. The Bertz CT molecular complexity index is 648. The van der Waals surface area contributed by atoms with Crippen molar-refractivity contribution in [1.29, 1.82) is 0 Å². The molecule has 0 saturated heterocycles. The third kappa shape index (κ3) is 3.73. The van der Waals surface area contributed by atoms with Crippen LogP contribution in [0.3, 0.4) is 0 Å². The third-order valence-corrected chi connectivity index (χ3v) is 3.32. The van der Waals surface area contributed by atoms with Crippen LogP contribution in [-0.4, -0.2) is 26.5 Å². The lowest BCUT2D eigenvalue weighted by Crippen LogP contribution is -2.30. The lowest BCUT2D eigenvalue weighted by molar-refractivity contribution is -0.121. The molecule has 0 bridgehead atoms. The second-order valence-electron chi connectivity index (χ2n) is 5.51. The van der Waals surface area contributed by atoms with Crippen LogP contribution in [0, 0.1) is 6.92 Å². The van der Waals surface area contributed by atoms with Crippen LogP contribution in [-0.2, 0) is 11.3 Å². The number of fused-ring (bicyclic) bond motifs is 1. The lowest BCUT2D eigenvalue weighted by atomic mass is 10.3. The van der Waals surface area contributed by atoms with Crippen molar-refractivity contribution in [2.45, 2.75) is 52.1 Å². The van der Waals surface area contributed by atoms with Crippen molar-refractivity contribution in [3.05, 3.63) is 23.7 Å². The van der Waals surface area contributed by atoms with Crippen LogP contribution in [0.4, 0.5) is 0 Å². The molecular formula is C15H21ClN4O. The SMILES string of the molecule is Cc1ccc2nc(C(C)Cl)n(CCC(=O)NC(C)C)c2n1. The van der Waals surface area contributed by atoms with Gasteiger partial charge in [-0.15, -0.1) is 11.6 Å². The molecule has 1 unspecified atom stereocenters. The zero-order valence-electron chi connectivity index (χ0n) is 12.9. The molecule has 114 valence electrons. The van der Waals surface area contributed by atoms with E-state index in [1.165, 1.54) is 0 Å². The molecule has 2 aromatic heterocycles. The number of halogens is 1. The summed E-state index contributed by atoms with van der Waals surface area (Å²) in [7, 11) is 0. The summed E-state index contributed by atoms with van der Waals surface area (Å²) in [6.45, 7) is 8.23. The van der Waals surface area contributed by atoms with Crippen LogP contribution in [0.2, 0.25) is 0 Å². The van der Waals surface area contributed by atoms with Gasteiger partial charge in [0.05, 0.1) is 5.38 Å². The van der Waals surface area contributed by atoms with Crippen LogP contribution in [0.25, 0.3) is 11.2 Å². The number of imidazole rings is 1. The number of nitrogens with zero attached hydrogens (tertiary/aromatic N) is 3. The van der Waals surface area contributed by atoms with Gasteiger partial charge in [-0.1, -0.05) is 0 Å². The van der Waals surface area contributed by atoms with Gasteiger partial charge in [0.15, 0.2) is 5.65 Å². The molecule has 0 fully saturated rings. The number of aromatic nitrogens is 3. The maximum absolute atomic E-state index is 11.8. The van der Waals surface area contributed by atoms with Crippen LogP contribution in [0.15, 0.2) is 12.1 Å². The molecule has 5 nitrogen and oxygen atoms in total. The van der Waals surface area contributed by atoms with E-state index in [-0.39, 0.29) is 17.3 Å². The normalized spacial score (nSPS) is 12.9. The Kier molecular flexibility index (Phi) is 4.83. The van der Waals surface area contributed by atoms with E-state index < -0.39 is 0 Å². The smallest absolute Gasteiger partial charge is 0.221 e. The highest BCUT2D eigenvalue weighted by molar-refractivity contribution is 6.20. The van der Waals surface area contributed by atoms with Crippen LogP contribution in [0.5, 0.6) is 0 Å². The number of amides is 1. The monoisotopic (exact) mass is 308 g/mol. The largest absolute Gasteiger partial charge is 0.354 e. The molecule has 2 aromatic rings. The van der Waals surface area contributed by atoms with Crippen LogP contribution in [0.1, 0.15) is 44.1 Å². The highest BCUT2D eigenvalue weighted by Gasteiger charge is 2.17. The summed E-state index contributed by atoms with van der Waals surface area (Å²) in [6, 6.07) is 4.00. The minimum Gasteiger partial charge on any atom is -0.354 e. The standard InChI is InChI=1S/C15H21ClN4O/c1-9(2)17-13(21)7-8-20-14(11(4)16)19-12-6-5-10(3)18-15(12)20/h5-6,9,11H,7-8H2,1-4H3,(H,17,21). The first-order valence-electron chi connectivity index (χ1n) is 7.15. The minimum atomic E-state index is -0.229. The predicted molar refractivity (Wildman–Crippen MR) is 84.4 cm³/mol. The van der Waals surface area contributed by atoms with Gasteiger partial charge in [-0.2, -0.15) is 0 Å². The van der Waals surface area contributed by atoms with Crippen molar-refractivity contribution in [1.82, 2.24) is 19.9 Å². The molecular weight excluding hydrogens is 288 g/mol. The fourth-order valence-corrected chi connectivity index (χ4v) is 2.41. The topological polar surface area (TPSA) is 59.8 Å². The maximum Gasteiger partial charge on any atom is 0.221 e. The molecule has 21 heavy (non-hydrogen) atoms. The third-order valence-electron chi connectivity index (χ3n) is 3.13. The van der Waals surface area contributed by atoms with Crippen molar-refractivity contribution in [3.63, 3.8) is 0 Å². The van der Waals surface area contributed by atoms with Crippen LogP contribution < -0.4 is 5.32 Å². The molecule has 0 aliphatic heterocycles. The highest BCUT2D eigenvalue weighted by Crippen LogP contribution is 2.24. The molecule has 0 saturated carbocycles.